The Kier molecular flexibility index (Phi) is 24.3. The number of rotatable bonds is 0. The molecule has 0 saturated heterocycles. The summed E-state index contributed by atoms with van der Waals surface area (Å²) in [5.41, 5.74) is 0. The van der Waals surface area contributed by atoms with Crippen molar-refractivity contribution in [1.29, 1.82) is 0 Å². The molecule has 0 saturated carbocycles. The van der Waals surface area contributed by atoms with Crippen molar-refractivity contribution in [3.8, 4) is 0 Å². The molecule has 0 aliphatic heterocycles. The molecule has 0 aromatic rings. The van der Waals surface area contributed by atoms with Gasteiger partial charge in [-0.2, -0.15) is 9.90 Å². The number of hydrogen-bond donors (Lipinski definition) is 0. The van der Waals surface area contributed by atoms with Gasteiger partial charge in [0.15, 0.2) is 0 Å². The Morgan fingerprint density at radius 2 is 1.00 bits per heavy atom. The highest BCUT2D eigenvalue weighted by Gasteiger charge is 1.58. The highest BCUT2D eigenvalue weighted by molar-refractivity contribution is 6.92. The summed E-state index contributed by atoms with van der Waals surface area (Å²) in [6, 6.07) is 0. The normalized spacial score (nSPS) is 6.00. The van der Waals surface area contributed by atoms with Crippen molar-refractivity contribution in [2.45, 2.75) is 0 Å². The predicted molar refractivity (Wildman–Crippen MR) is 40.7 cm³/mol. The standard InChI is InChI=1S/C3H9N.BH3.H3P/c1-4(2)3;;/h1-3H3;2*1H3. The van der Waals surface area contributed by atoms with E-state index in [4.69, 9.17) is 0 Å². The quantitative estimate of drug-likeness (QED) is 0.285. The maximum Gasteiger partial charge on any atom is 0.0814 e. The number of nitrogens with zero attached hydrogens (tertiary/aromatic N) is 1. The zero-order valence-corrected chi connectivity index (χ0v) is 5.57. The Balaban J connectivity index is -0.0000000450. The lowest BCUT2D eigenvalue weighted by atomic mass is 10.8. The second-order valence-electron chi connectivity index (χ2n) is 1.34. The fourth-order valence-corrected chi connectivity index (χ4v) is 0. The third kappa shape index (κ3) is 257. The average molecular weight is 107 g/mol. The van der Waals surface area contributed by atoms with Crippen molar-refractivity contribution in [2.75, 3.05) is 21.1 Å². The molecule has 6 heavy (non-hydrogen) atoms. The van der Waals surface area contributed by atoms with Gasteiger partial charge in [-0.25, -0.2) is 0 Å². The van der Waals surface area contributed by atoms with Gasteiger partial charge in [0.2, 0.25) is 0 Å². The van der Waals surface area contributed by atoms with E-state index in [1.807, 2.05) is 26.0 Å². The van der Waals surface area contributed by atoms with Crippen LogP contribution in [0.5, 0.6) is 0 Å². The van der Waals surface area contributed by atoms with E-state index < -0.39 is 0 Å². The van der Waals surface area contributed by atoms with E-state index in [1.165, 1.54) is 0 Å². The van der Waals surface area contributed by atoms with E-state index in [-0.39, 0.29) is 18.3 Å². The van der Waals surface area contributed by atoms with Gasteiger partial charge >= 0.3 is 0 Å². The molecule has 0 aromatic carbocycles. The minimum absolute atomic E-state index is 0. The summed E-state index contributed by atoms with van der Waals surface area (Å²) in [5, 5.41) is 0. The van der Waals surface area contributed by atoms with Crippen LogP contribution < -0.4 is 0 Å². The SMILES string of the molecule is B.CN(C)C.P. The second-order valence-corrected chi connectivity index (χ2v) is 1.34. The van der Waals surface area contributed by atoms with Crippen LogP contribution >= 0.6 is 9.90 Å². The van der Waals surface area contributed by atoms with Crippen molar-refractivity contribution < 1.29 is 0 Å². The molecular formula is C3H15BNP. The lowest BCUT2D eigenvalue weighted by molar-refractivity contribution is 0.505. The summed E-state index contributed by atoms with van der Waals surface area (Å²) in [4.78, 5) is 2.00. The van der Waals surface area contributed by atoms with Crippen LogP contribution in [0, 0.1) is 0 Å². The molecule has 0 bridgehead atoms. The summed E-state index contributed by atoms with van der Waals surface area (Å²) in [6.45, 7) is 0. The monoisotopic (exact) mass is 107 g/mol. The molecule has 0 aliphatic carbocycles. The maximum atomic E-state index is 2.00. The average Bonchev–Trinajstić information content (AvgIpc) is 0.811. The van der Waals surface area contributed by atoms with Gasteiger partial charge in [0.1, 0.15) is 0 Å². The first-order chi connectivity index (χ1) is 1.73. The van der Waals surface area contributed by atoms with Gasteiger partial charge in [-0.15, -0.1) is 0 Å². The lowest BCUT2D eigenvalue weighted by Gasteiger charge is -1.90. The van der Waals surface area contributed by atoms with Crippen LogP contribution in [-0.4, -0.2) is 34.5 Å². The van der Waals surface area contributed by atoms with Crippen molar-refractivity contribution in [1.82, 2.24) is 4.90 Å². The van der Waals surface area contributed by atoms with E-state index in [9.17, 15) is 0 Å². The van der Waals surface area contributed by atoms with Crippen LogP contribution in [0.25, 0.3) is 0 Å². The topological polar surface area (TPSA) is 3.24 Å². The van der Waals surface area contributed by atoms with Crippen molar-refractivity contribution in [3.05, 3.63) is 0 Å². The summed E-state index contributed by atoms with van der Waals surface area (Å²) in [5.74, 6) is 0. The van der Waals surface area contributed by atoms with Gasteiger partial charge in [-0.05, 0) is 21.1 Å². The molecule has 3 heteroatoms. The van der Waals surface area contributed by atoms with E-state index >= 15 is 0 Å². The first kappa shape index (κ1) is 16.1. The third-order valence-corrected chi connectivity index (χ3v) is 0. The van der Waals surface area contributed by atoms with Crippen molar-refractivity contribution in [2.24, 2.45) is 0 Å². The second kappa shape index (κ2) is 9.07. The summed E-state index contributed by atoms with van der Waals surface area (Å²) >= 11 is 0. The molecule has 0 rings (SSSR count). The highest BCUT2D eigenvalue weighted by atomic mass is 31.0. The van der Waals surface area contributed by atoms with Crippen LogP contribution in [0.15, 0.2) is 0 Å². The molecule has 0 fully saturated rings. The molecule has 0 aliphatic rings. The fraction of sp³-hybridized carbons (Fsp3) is 1.00. The molecule has 1 atom stereocenters. The zero-order chi connectivity index (χ0) is 3.58. The van der Waals surface area contributed by atoms with Gasteiger partial charge in [0, 0.05) is 0 Å². The van der Waals surface area contributed by atoms with E-state index in [1.54, 1.807) is 0 Å². The maximum absolute atomic E-state index is 2.00. The van der Waals surface area contributed by atoms with E-state index in [0.717, 1.165) is 0 Å². The van der Waals surface area contributed by atoms with Gasteiger partial charge < -0.3 is 4.90 Å². The van der Waals surface area contributed by atoms with Crippen LogP contribution in [0.2, 0.25) is 0 Å². The molecule has 1 unspecified atom stereocenters. The van der Waals surface area contributed by atoms with Gasteiger partial charge in [0.25, 0.3) is 0 Å². The first-order valence-corrected chi connectivity index (χ1v) is 1.34. The lowest BCUT2D eigenvalue weighted by Crippen LogP contribution is -1.99. The Morgan fingerprint density at radius 3 is 1.00 bits per heavy atom. The van der Waals surface area contributed by atoms with Crippen LogP contribution in [0.4, 0.5) is 0 Å². The molecular weight excluding hydrogens is 91.8 g/mol. The van der Waals surface area contributed by atoms with Crippen LogP contribution in [0.3, 0.4) is 0 Å². The Morgan fingerprint density at radius 1 is 1.00 bits per heavy atom. The molecule has 0 radical (unpaired) electrons. The van der Waals surface area contributed by atoms with Gasteiger partial charge in [0.05, 0.1) is 8.41 Å². The molecule has 40 valence electrons. The first-order valence-electron chi connectivity index (χ1n) is 1.34. The van der Waals surface area contributed by atoms with Gasteiger partial charge in [-0.3, -0.25) is 0 Å². The Labute approximate surface area is 45.3 Å². The van der Waals surface area contributed by atoms with Crippen LogP contribution in [-0.2, 0) is 0 Å². The summed E-state index contributed by atoms with van der Waals surface area (Å²) < 4.78 is 0. The molecule has 0 N–H and O–H groups in total. The molecule has 1 nitrogen and oxygen atoms in total. The number of hydrogen-bond acceptors (Lipinski definition) is 1. The highest BCUT2D eigenvalue weighted by Crippen LogP contribution is 1.47. The molecule has 0 aromatic heterocycles. The summed E-state index contributed by atoms with van der Waals surface area (Å²) in [7, 11) is 6.00. The third-order valence-electron chi connectivity index (χ3n) is 0. The minimum atomic E-state index is 0. The smallest absolute Gasteiger partial charge is 0.0814 e. The molecule has 0 heterocycles. The minimum Gasteiger partial charge on any atom is -0.312 e. The largest absolute Gasteiger partial charge is 0.312 e. The predicted octanol–water partition coefficient (Wildman–Crippen LogP) is -0.948. The Bertz CT molecular complexity index is 15.5. The molecule has 0 amide bonds. The molecule has 0 spiro atoms. The van der Waals surface area contributed by atoms with Gasteiger partial charge in [-0.1, -0.05) is 0 Å². The summed E-state index contributed by atoms with van der Waals surface area (Å²) in [6.07, 6.45) is 0. The van der Waals surface area contributed by atoms with Crippen LogP contribution in [0.1, 0.15) is 0 Å². The van der Waals surface area contributed by atoms with Crippen molar-refractivity contribution >= 4 is 18.3 Å². The van der Waals surface area contributed by atoms with Crippen molar-refractivity contribution in [3.63, 3.8) is 0 Å². The zero-order valence-electron chi connectivity index (χ0n) is 4.15. The Hall–Kier alpha value is 0.455. The fourth-order valence-electron chi connectivity index (χ4n) is 0. The van der Waals surface area contributed by atoms with E-state index in [2.05, 4.69) is 0 Å². The van der Waals surface area contributed by atoms with E-state index in [0.29, 0.717) is 0 Å².